The second-order valence-corrected chi connectivity index (χ2v) is 4.00. The maximum atomic E-state index is 4.39. The van der Waals surface area contributed by atoms with Crippen molar-refractivity contribution in [3.63, 3.8) is 0 Å². The van der Waals surface area contributed by atoms with E-state index < -0.39 is 0 Å². The summed E-state index contributed by atoms with van der Waals surface area (Å²) in [5.41, 5.74) is 3.57. The van der Waals surface area contributed by atoms with Crippen LogP contribution in [0.5, 0.6) is 0 Å². The molecular weight excluding hydrogens is 218 g/mol. The standard InChI is InChI=1S/C14H15N.ClH/c1-11(2)13-8-9-15-14(10-13)12-6-4-3-5-7-12;/h3-11H,1-2H3;1H. The summed E-state index contributed by atoms with van der Waals surface area (Å²) in [6, 6.07) is 14.5. The molecule has 84 valence electrons. The Labute approximate surface area is 103 Å². The first-order valence-electron chi connectivity index (χ1n) is 5.29. The lowest BCUT2D eigenvalue weighted by Crippen LogP contribution is -1.90. The number of benzene rings is 1. The molecule has 2 heteroatoms. The predicted molar refractivity (Wildman–Crippen MR) is 71.0 cm³/mol. The van der Waals surface area contributed by atoms with E-state index in [1.807, 2.05) is 24.4 Å². The van der Waals surface area contributed by atoms with Gasteiger partial charge in [0.15, 0.2) is 0 Å². The van der Waals surface area contributed by atoms with Crippen LogP contribution in [0.2, 0.25) is 0 Å². The molecule has 2 aromatic rings. The molecule has 0 atom stereocenters. The lowest BCUT2D eigenvalue weighted by Gasteiger charge is -2.07. The molecule has 1 nitrogen and oxygen atoms in total. The number of aromatic nitrogens is 1. The Morgan fingerprint density at radius 1 is 1.00 bits per heavy atom. The highest BCUT2D eigenvalue weighted by molar-refractivity contribution is 5.85. The van der Waals surface area contributed by atoms with Gasteiger partial charge in [0.1, 0.15) is 0 Å². The molecule has 0 unspecified atom stereocenters. The lowest BCUT2D eigenvalue weighted by molar-refractivity contribution is 0.864. The molecule has 2 rings (SSSR count). The molecule has 1 aromatic carbocycles. The largest absolute Gasteiger partial charge is 0.256 e. The van der Waals surface area contributed by atoms with Gasteiger partial charge in [-0.15, -0.1) is 12.4 Å². The normalized spacial score (nSPS) is 9.94. The molecule has 0 radical (unpaired) electrons. The Bertz CT molecular complexity index is 437. The Balaban J connectivity index is 0.00000128. The van der Waals surface area contributed by atoms with Crippen LogP contribution in [0.3, 0.4) is 0 Å². The van der Waals surface area contributed by atoms with E-state index in [4.69, 9.17) is 0 Å². The summed E-state index contributed by atoms with van der Waals surface area (Å²) in [6.45, 7) is 4.40. The summed E-state index contributed by atoms with van der Waals surface area (Å²) in [5, 5.41) is 0. The zero-order valence-corrected chi connectivity index (χ0v) is 10.4. The summed E-state index contributed by atoms with van der Waals surface area (Å²) in [7, 11) is 0. The van der Waals surface area contributed by atoms with Gasteiger partial charge in [-0.25, -0.2) is 0 Å². The smallest absolute Gasteiger partial charge is 0.0704 e. The van der Waals surface area contributed by atoms with Crippen molar-refractivity contribution in [2.24, 2.45) is 0 Å². The highest BCUT2D eigenvalue weighted by Crippen LogP contribution is 2.21. The van der Waals surface area contributed by atoms with Crippen LogP contribution in [0, 0.1) is 0 Å². The van der Waals surface area contributed by atoms with Crippen molar-refractivity contribution in [2.75, 3.05) is 0 Å². The van der Waals surface area contributed by atoms with E-state index in [-0.39, 0.29) is 12.4 Å². The summed E-state index contributed by atoms with van der Waals surface area (Å²) in [5.74, 6) is 0.551. The van der Waals surface area contributed by atoms with E-state index in [1.165, 1.54) is 11.1 Å². The Morgan fingerprint density at radius 3 is 2.31 bits per heavy atom. The molecule has 0 fully saturated rings. The first kappa shape index (κ1) is 12.7. The van der Waals surface area contributed by atoms with E-state index in [0.717, 1.165) is 5.69 Å². The molecule has 0 aliphatic heterocycles. The molecule has 0 saturated heterocycles. The van der Waals surface area contributed by atoms with Gasteiger partial charge in [0.05, 0.1) is 5.69 Å². The number of pyridine rings is 1. The molecule has 0 aliphatic rings. The zero-order chi connectivity index (χ0) is 10.7. The van der Waals surface area contributed by atoms with Gasteiger partial charge in [0.25, 0.3) is 0 Å². The predicted octanol–water partition coefficient (Wildman–Crippen LogP) is 4.29. The van der Waals surface area contributed by atoms with Crippen LogP contribution in [0.15, 0.2) is 48.7 Å². The number of hydrogen-bond donors (Lipinski definition) is 0. The monoisotopic (exact) mass is 233 g/mol. The number of nitrogens with zero attached hydrogens (tertiary/aromatic N) is 1. The Morgan fingerprint density at radius 2 is 1.69 bits per heavy atom. The van der Waals surface area contributed by atoms with E-state index in [0.29, 0.717) is 5.92 Å². The number of halogens is 1. The van der Waals surface area contributed by atoms with Crippen molar-refractivity contribution < 1.29 is 0 Å². The van der Waals surface area contributed by atoms with Crippen molar-refractivity contribution in [3.05, 3.63) is 54.2 Å². The highest BCUT2D eigenvalue weighted by atomic mass is 35.5. The zero-order valence-electron chi connectivity index (χ0n) is 9.55. The van der Waals surface area contributed by atoms with Crippen LogP contribution < -0.4 is 0 Å². The van der Waals surface area contributed by atoms with E-state index in [2.05, 4.69) is 43.1 Å². The average molecular weight is 234 g/mol. The van der Waals surface area contributed by atoms with E-state index in [1.54, 1.807) is 0 Å². The third-order valence-corrected chi connectivity index (χ3v) is 2.52. The molecule has 0 amide bonds. The minimum Gasteiger partial charge on any atom is -0.256 e. The van der Waals surface area contributed by atoms with Crippen molar-refractivity contribution in [1.29, 1.82) is 0 Å². The minimum absolute atomic E-state index is 0. The van der Waals surface area contributed by atoms with Gasteiger partial charge in [-0.05, 0) is 23.6 Å². The first-order valence-corrected chi connectivity index (χ1v) is 5.29. The topological polar surface area (TPSA) is 12.9 Å². The molecule has 0 N–H and O–H groups in total. The SMILES string of the molecule is CC(C)c1ccnc(-c2ccccc2)c1.Cl. The number of hydrogen-bond acceptors (Lipinski definition) is 1. The average Bonchev–Trinajstić information content (AvgIpc) is 2.30. The highest BCUT2D eigenvalue weighted by Gasteiger charge is 2.02. The molecule has 1 aromatic heterocycles. The molecule has 16 heavy (non-hydrogen) atoms. The maximum Gasteiger partial charge on any atom is 0.0704 e. The van der Waals surface area contributed by atoms with Gasteiger partial charge in [-0.1, -0.05) is 44.2 Å². The molecule has 0 aliphatic carbocycles. The van der Waals surface area contributed by atoms with Crippen molar-refractivity contribution in [2.45, 2.75) is 19.8 Å². The van der Waals surface area contributed by atoms with Crippen LogP contribution in [0.25, 0.3) is 11.3 Å². The summed E-state index contributed by atoms with van der Waals surface area (Å²) < 4.78 is 0. The van der Waals surface area contributed by atoms with Gasteiger partial charge in [0, 0.05) is 11.8 Å². The fourth-order valence-electron chi connectivity index (χ4n) is 1.57. The molecule has 0 saturated carbocycles. The van der Waals surface area contributed by atoms with E-state index in [9.17, 15) is 0 Å². The third kappa shape index (κ3) is 2.83. The third-order valence-electron chi connectivity index (χ3n) is 2.52. The minimum atomic E-state index is 0. The summed E-state index contributed by atoms with van der Waals surface area (Å²) in [6.07, 6.45) is 1.89. The second kappa shape index (κ2) is 5.66. The van der Waals surface area contributed by atoms with Crippen LogP contribution in [-0.4, -0.2) is 4.98 Å². The van der Waals surface area contributed by atoms with Crippen LogP contribution >= 0.6 is 12.4 Å². The Hall–Kier alpha value is -1.34. The summed E-state index contributed by atoms with van der Waals surface area (Å²) >= 11 is 0. The lowest BCUT2D eigenvalue weighted by atomic mass is 10.0. The molecule has 0 bridgehead atoms. The molecule has 0 spiro atoms. The van der Waals surface area contributed by atoms with Crippen LogP contribution in [-0.2, 0) is 0 Å². The van der Waals surface area contributed by atoms with Gasteiger partial charge in [-0.3, -0.25) is 4.98 Å². The Kier molecular flexibility index (Phi) is 4.51. The van der Waals surface area contributed by atoms with Gasteiger partial charge in [0.2, 0.25) is 0 Å². The van der Waals surface area contributed by atoms with Crippen molar-refractivity contribution in [1.82, 2.24) is 4.98 Å². The summed E-state index contributed by atoms with van der Waals surface area (Å²) in [4.78, 5) is 4.39. The fourth-order valence-corrected chi connectivity index (χ4v) is 1.57. The van der Waals surface area contributed by atoms with Crippen molar-refractivity contribution >= 4 is 12.4 Å². The van der Waals surface area contributed by atoms with Gasteiger partial charge < -0.3 is 0 Å². The van der Waals surface area contributed by atoms with Crippen LogP contribution in [0.1, 0.15) is 25.3 Å². The second-order valence-electron chi connectivity index (χ2n) is 4.00. The van der Waals surface area contributed by atoms with Crippen molar-refractivity contribution in [3.8, 4) is 11.3 Å². The quantitative estimate of drug-likeness (QED) is 0.754. The van der Waals surface area contributed by atoms with Crippen LogP contribution in [0.4, 0.5) is 0 Å². The van der Waals surface area contributed by atoms with Gasteiger partial charge >= 0.3 is 0 Å². The molecule has 1 heterocycles. The number of rotatable bonds is 2. The fraction of sp³-hybridized carbons (Fsp3) is 0.214. The maximum absolute atomic E-state index is 4.39. The van der Waals surface area contributed by atoms with E-state index >= 15 is 0 Å². The molecular formula is C14H16ClN. The van der Waals surface area contributed by atoms with Gasteiger partial charge in [-0.2, -0.15) is 0 Å². The first-order chi connectivity index (χ1) is 7.27.